The van der Waals surface area contributed by atoms with Crippen molar-refractivity contribution in [3.8, 4) is 0 Å². The van der Waals surface area contributed by atoms with Crippen molar-refractivity contribution < 1.29 is 23.5 Å². The standard InChI is InChI=1S/C22H23FN2O4/c1-14-4-9-18(15(2)12-14)24-21(28)25-19(26)13-29-20(27)22(10-3-11-22)16-5-7-17(23)8-6-16/h4-9,12H,3,10-11,13H2,1-2H3,(H2,24,25,26,28). The van der Waals surface area contributed by atoms with Crippen LogP contribution in [0.3, 0.4) is 0 Å². The van der Waals surface area contributed by atoms with Gasteiger partial charge in [0.05, 0.1) is 5.41 Å². The zero-order valence-electron chi connectivity index (χ0n) is 16.4. The first-order valence-corrected chi connectivity index (χ1v) is 9.41. The van der Waals surface area contributed by atoms with Crippen molar-refractivity contribution in [1.29, 1.82) is 0 Å². The van der Waals surface area contributed by atoms with Crippen LogP contribution < -0.4 is 10.6 Å². The molecule has 0 atom stereocenters. The minimum absolute atomic E-state index is 0.384. The molecule has 0 unspecified atom stereocenters. The third kappa shape index (κ3) is 4.62. The first-order chi connectivity index (χ1) is 13.8. The lowest BCUT2D eigenvalue weighted by Gasteiger charge is -2.39. The predicted molar refractivity (Wildman–Crippen MR) is 106 cm³/mol. The highest BCUT2D eigenvalue weighted by Crippen LogP contribution is 2.44. The summed E-state index contributed by atoms with van der Waals surface area (Å²) in [4.78, 5) is 36.6. The first kappa shape index (κ1) is 20.5. The van der Waals surface area contributed by atoms with Gasteiger partial charge in [0.25, 0.3) is 5.91 Å². The molecule has 0 bridgehead atoms. The number of halogens is 1. The average Bonchev–Trinajstić information content (AvgIpc) is 2.63. The van der Waals surface area contributed by atoms with Crippen molar-refractivity contribution in [3.63, 3.8) is 0 Å². The molecule has 1 aliphatic carbocycles. The third-order valence-electron chi connectivity index (χ3n) is 5.21. The molecule has 2 aromatic rings. The molecule has 0 spiro atoms. The van der Waals surface area contributed by atoms with Gasteiger partial charge in [-0.25, -0.2) is 9.18 Å². The van der Waals surface area contributed by atoms with Crippen LogP contribution in [0.15, 0.2) is 42.5 Å². The largest absolute Gasteiger partial charge is 0.455 e. The molecule has 0 aromatic heterocycles. The SMILES string of the molecule is Cc1ccc(NC(=O)NC(=O)COC(=O)C2(c3ccc(F)cc3)CCC2)c(C)c1. The summed E-state index contributed by atoms with van der Waals surface area (Å²) < 4.78 is 18.3. The van der Waals surface area contributed by atoms with Crippen LogP contribution in [0, 0.1) is 19.7 Å². The Labute approximate surface area is 168 Å². The predicted octanol–water partition coefficient (Wildman–Crippen LogP) is 3.76. The summed E-state index contributed by atoms with van der Waals surface area (Å²) in [6, 6.07) is 10.5. The molecule has 152 valence electrons. The summed E-state index contributed by atoms with van der Waals surface area (Å²) in [6.45, 7) is 3.22. The van der Waals surface area contributed by atoms with E-state index in [1.807, 2.05) is 26.0 Å². The number of ether oxygens (including phenoxy) is 1. The molecule has 6 nitrogen and oxygen atoms in total. The maximum absolute atomic E-state index is 13.2. The molecule has 7 heteroatoms. The van der Waals surface area contributed by atoms with Crippen LogP contribution in [0.2, 0.25) is 0 Å². The lowest BCUT2D eigenvalue weighted by atomic mass is 9.64. The van der Waals surface area contributed by atoms with Crippen molar-refractivity contribution in [2.45, 2.75) is 38.5 Å². The van der Waals surface area contributed by atoms with Crippen LogP contribution in [-0.4, -0.2) is 24.5 Å². The normalized spacial score (nSPS) is 14.4. The molecule has 0 radical (unpaired) electrons. The fourth-order valence-corrected chi connectivity index (χ4v) is 3.45. The van der Waals surface area contributed by atoms with E-state index < -0.39 is 29.9 Å². The number of amides is 3. The Balaban J connectivity index is 1.53. The Kier molecular flexibility index (Phi) is 5.96. The monoisotopic (exact) mass is 398 g/mol. The van der Waals surface area contributed by atoms with Crippen molar-refractivity contribution in [1.82, 2.24) is 5.32 Å². The van der Waals surface area contributed by atoms with Gasteiger partial charge in [-0.3, -0.25) is 14.9 Å². The summed E-state index contributed by atoms with van der Waals surface area (Å²) in [5.74, 6) is -1.65. The van der Waals surface area contributed by atoms with E-state index in [2.05, 4.69) is 10.6 Å². The number of hydrogen-bond acceptors (Lipinski definition) is 4. The van der Waals surface area contributed by atoms with Gasteiger partial charge in [0.15, 0.2) is 6.61 Å². The Morgan fingerprint density at radius 2 is 1.76 bits per heavy atom. The Hall–Kier alpha value is -3.22. The van der Waals surface area contributed by atoms with E-state index in [1.165, 1.54) is 12.1 Å². The van der Waals surface area contributed by atoms with Gasteiger partial charge in [-0.15, -0.1) is 0 Å². The van der Waals surface area contributed by atoms with Crippen molar-refractivity contribution in [3.05, 3.63) is 65.0 Å². The lowest BCUT2D eigenvalue weighted by molar-refractivity contribution is -0.157. The number of carbonyl (C=O) groups excluding carboxylic acids is 3. The van der Waals surface area contributed by atoms with Gasteiger partial charge >= 0.3 is 12.0 Å². The van der Waals surface area contributed by atoms with Crippen LogP contribution in [-0.2, 0) is 19.7 Å². The van der Waals surface area contributed by atoms with Crippen LogP contribution in [0.5, 0.6) is 0 Å². The summed E-state index contributed by atoms with van der Waals surface area (Å²) in [7, 11) is 0. The molecule has 1 saturated carbocycles. The highest BCUT2D eigenvalue weighted by Gasteiger charge is 2.47. The maximum atomic E-state index is 13.2. The molecule has 3 amide bonds. The lowest BCUT2D eigenvalue weighted by Crippen LogP contribution is -2.45. The first-order valence-electron chi connectivity index (χ1n) is 9.41. The topological polar surface area (TPSA) is 84.5 Å². The zero-order chi connectivity index (χ0) is 21.0. The fourth-order valence-electron chi connectivity index (χ4n) is 3.45. The molecule has 2 N–H and O–H groups in total. The second-order valence-corrected chi connectivity index (χ2v) is 7.34. The van der Waals surface area contributed by atoms with Crippen molar-refractivity contribution >= 4 is 23.6 Å². The second-order valence-electron chi connectivity index (χ2n) is 7.34. The van der Waals surface area contributed by atoms with E-state index in [0.717, 1.165) is 17.5 Å². The minimum Gasteiger partial charge on any atom is -0.455 e. The number of imide groups is 1. The van der Waals surface area contributed by atoms with Crippen LogP contribution >= 0.6 is 0 Å². The summed E-state index contributed by atoms with van der Waals surface area (Å²) >= 11 is 0. The Bertz CT molecular complexity index is 936. The molecule has 2 aromatic carbocycles. The number of esters is 1. The van der Waals surface area contributed by atoms with Gasteiger partial charge in [0.2, 0.25) is 0 Å². The van der Waals surface area contributed by atoms with E-state index in [1.54, 1.807) is 18.2 Å². The van der Waals surface area contributed by atoms with Gasteiger partial charge in [-0.2, -0.15) is 0 Å². The molecule has 1 aliphatic rings. The maximum Gasteiger partial charge on any atom is 0.325 e. The number of benzene rings is 2. The highest BCUT2D eigenvalue weighted by atomic mass is 19.1. The third-order valence-corrected chi connectivity index (χ3v) is 5.21. The van der Waals surface area contributed by atoms with E-state index >= 15 is 0 Å². The van der Waals surface area contributed by atoms with Gasteiger partial charge in [0, 0.05) is 5.69 Å². The molecular weight excluding hydrogens is 375 g/mol. The average molecular weight is 398 g/mol. The van der Waals surface area contributed by atoms with E-state index in [0.29, 0.717) is 24.1 Å². The van der Waals surface area contributed by atoms with Gasteiger partial charge in [-0.05, 0) is 56.0 Å². The van der Waals surface area contributed by atoms with E-state index in [9.17, 15) is 18.8 Å². The summed E-state index contributed by atoms with van der Waals surface area (Å²) in [6.07, 6.45) is 2.00. The van der Waals surface area contributed by atoms with E-state index in [4.69, 9.17) is 4.74 Å². The van der Waals surface area contributed by atoms with Crippen molar-refractivity contribution in [2.24, 2.45) is 0 Å². The van der Waals surface area contributed by atoms with E-state index in [-0.39, 0.29) is 5.82 Å². The fraction of sp³-hybridized carbons (Fsp3) is 0.318. The number of urea groups is 1. The molecule has 29 heavy (non-hydrogen) atoms. The molecular formula is C22H23FN2O4. The Morgan fingerprint density at radius 1 is 1.07 bits per heavy atom. The van der Waals surface area contributed by atoms with Gasteiger partial charge in [0.1, 0.15) is 5.82 Å². The summed E-state index contributed by atoms with van der Waals surface area (Å²) in [5.41, 5.74) is 2.33. The molecule has 0 aliphatic heterocycles. The van der Waals surface area contributed by atoms with Crippen LogP contribution in [0.1, 0.15) is 36.0 Å². The number of hydrogen-bond donors (Lipinski definition) is 2. The molecule has 3 rings (SSSR count). The summed E-state index contributed by atoms with van der Waals surface area (Å²) in [5, 5.41) is 4.74. The van der Waals surface area contributed by atoms with Gasteiger partial charge in [-0.1, -0.05) is 36.2 Å². The van der Waals surface area contributed by atoms with Crippen LogP contribution in [0.4, 0.5) is 14.9 Å². The van der Waals surface area contributed by atoms with Crippen LogP contribution in [0.25, 0.3) is 0 Å². The number of carbonyl (C=O) groups is 3. The Morgan fingerprint density at radius 3 is 2.34 bits per heavy atom. The number of nitrogens with one attached hydrogen (secondary N) is 2. The zero-order valence-corrected chi connectivity index (χ0v) is 16.4. The second kappa shape index (κ2) is 8.43. The molecule has 1 fully saturated rings. The quantitative estimate of drug-likeness (QED) is 0.751. The molecule has 0 saturated heterocycles. The minimum atomic E-state index is -0.852. The highest BCUT2D eigenvalue weighted by molar-refractivity contribution is 6.02. The number of aryl methyl sites for hydroxylation is 2. The van der Waals surface area contributed by atoms with Gasteiger partial charge < -0.3 is 10.1 Å². The molecule has 0 heterocycles. The number of rotatable bonds is 5. The number of anilines is 1. The van der Waals surface area contributed by atoms with Crippen molar-refractivity contribution in [2.75, 3.05) is 11.9 Å². The smallest absolute Gasteiger partial charge is 0.325 e.